The second kappa shape index (κ2) is 10.4. The number of hydrogen-bond donors (Lipinski definition) is 1. The van der Waals surface area contributed by atoms with Crippen LogP contribution in [0.3, 0.4) is 0 Å². The van der Waals surface area contributed by atoms with Crippen LogP contribution < -0.4 is 4.74 Å². The van der Waals surface area contributed by atoms with E-state index in [-0.39, 0.29) is 29.4 Å². The quantitative estimate of drug-likeness (QED) is 0.303. The third kappa shape index (κ3) is 4.78. The summed E-state index contributed by atoms with van der Waals surface area (Å²) in [5.74, 6) is -0.696. The van der Waals surface area contributed by atoms with Crippen molar-refractivity contribution in [3.05, 3.63) is 112 Å². The molecule has 0 aliphatic carbocycles. The minimum Gasteiger partial charge on any atom is -0.488 e. The minimum absolute atomic E-state index is 0.0477. The number of ether oxygens (including phenoxy) is 2. The summed E-state index contributed by atoms with van der Waals surface area (Å²) >= 11 is 6.54. The zero-order valence-electron chi connectivity index (χ0n) is 18.0. The maximum Gasteiger partial charge on any atom is 0.174 e. The van der Waals surface area contributed by atoms with Gasteiger partial charge < -0.3 is 14.5 Å². The summed E-state index contributed by atoms with van der Waals surface area (Å²) in [6, 6.07) is 24.6. The fourth-order valence-corrected chi connectivity index (χ4v) is 4.11. The van der Waals surface area contributed by atoms with Gasteiger partial charge in [-0.25, -0.2) is 4.39 Å². The van der Waals surface area contributed by atoms with E-state index in [2.05, 4.69) is 11.1 Å². The third-order valence-electron chi connectivity index (χ3n) is 5.43. The number of methoxy groups -OCH3 is 1. The van der Waals surface area contributed by atoms with Crippen LogP contribution in [0.25, 0.3) is 11.1 Å². The van der Waals surface area contributed by atoms with Crippen LogP contribution in [0.15, 0.2) is 79.0 Å². The van der Waals surface area contributed by atoms with Gasteiger partial charge in [0.2, 0.25) is 0 Å². The van der Waals surface area contributed by atoms with Crippen molar-refractivity contribution >= 4 is 11.6 Å². The van der Waals surface area contributed by atoms with Gasteiger partial charge in [-0.15, -0.1) is 0 Å². The van der Waals surface area contributed by atoms with E-state index in [4.69, 9.17) is 21.1 Å². The van der Waals surface area contributed by atoms with Gasteiger partial charge in [-0.2, -0.15) is 5.26 Å². The topological polar surface area (TPSA) is 58.0 Å². The molecule has 0 fully saturated rings. The number of nitrogens with zero attached hydrogens (tertiary/aromatic N) is 1. The summed E-state index contributed by atoms with van der Waals surface area (Å²) in [4.78, 5) is 3.29. The zero-order chi connectivity index (χ0) is 23.2. The van der Waals surface area contributed by atoms with Crippen LogP contribution in [0.2, 0.25) is 5.02 Å². The lowest BCUT2D eigenvalue weighted by molar-refractivity contribution is 0.144. The Morgan fingerprint density at radius 3 is 2.52 bits per heavy atom. The van der Waals surface area contributed by atoms with Crippen molar-refractivity contribution in [3.8, 4) is 22.9 Å². The summed E-state index contributed by atoms with van der Waals surface area (Å²) in [7, 11) is 1.54. The Kier molecular flexibility index (Phi) is 7.09. The molecule has 1 aromatic heterocycles. The number of nitrogens with one attached hydrogen (secondary N) is 1. The van der Waals surface area contributed by atoms with E-state index in [1.54, 1.807) is 19.2 Å². The van der Waals surface area contributed by atoms with Crippen molar-refractivity contribution in [2.24, 2.45) is 0 Å². The fraction of sp³-hybridized carbons (Fsp3) is 0.148. The Balaban J connectivity index is 1.86. The van der Waals surface area contributed by atoms with Gasteiger partial charge in [-0.3, -0.25) is 0 Å². The molecule has 0 radical (unpaired) electrons. The Morgan fingerprint density at radius 1 is 1.00 bits per heavy atom. The molecule has 4 rings (SSSR count). The first-order chi connectivity index (χ1) is 16.1. The largest absolute Gasteiger partial charge is 0.488 e. The molecule has 1 N–H and O–H groups in total. The third-order valence-corrected chi connectivity index (χ3v) is 5.76. The molecule has 4 nitrogen and oxygen atoms in total. The number of rotatable bonds is 8. The van der Waals surface area contributed by atoms with Crippen molar-refractivity contribution in [2.75, 3.05) is 20.3 Å². The predicted octanol–water partition coefficient (Wildman–Crippen LogP) is 6.55. The number of hydrogen-bond acceptors (Lipinski definition) is 3. The number of H-pyrrole nitrogens is 1. The van der Waals surface area contributed by atoms with Crippen molar-refractivity contribution in [2.45, 2.75) is 5.92 Å². The normalized spacial score (nSPS) is 11.7. The predicted molar refractivity (Wildman–Crippen MR) is 127 cm³/mol. The van der Waals surface area contributed by atoms with E-state index in [1.165, 1.54) is 6.07 Å². The van der Waals surface area contributed by atoms with Crippen molar-refractivity contribution < 1.29 is 13.9 Å². The Labute approximate surface area is 197 Å². The van der Waals surface area contributed by atoms with Crippen LogP contribution >= 0.6 is 11.6 Å². The van der Waals surface area contributed by atoms with Gasteiger partial charge in [0.05, 0.1) is 18.2 Å². The SMILES string of the molecule is COCCOc1ccc(C#N)c(-c2cc(C(c3ccccc3)c3ccc[nH]3)ccc2Cl)c1F. The van der Waals surface area contributed by atoms with E-state index >= 15 is 4.39 Å². The standard InChI is InChI=1S/C27H22ClFN2O2/c1-32-14-15-33-24-12-10-20(17-30)26(27(24)29)21-16-19(9-11-22(21)28)25(23-8-5-13-31-23)18-6-3-2-4-7-18/h2-13,16,25,31H,14-15H2,1H3. The van der Waals surface area contributed by atoms with Gasteiger partial charge in [-0.05, 0) is 47.5 Å². The molecular formula is C27H22ClFN2O2. The molecule has 0 saturated heterocycles. The molecule has 0 aliphatic rings. The second-order valence-electron chi connectivity index (χ2n) is 7.46. The molecule has 33 heavy (non-hydrogen) atoms. The minimum atomic E-state index is -0.625. The average Bonchev–Trinajstić information content (AvgIpc) is 3.36. The first kappa shape index (κ1) is 22.6. The molecule has 3 aromatic carbocycles. The van der Waals surface area contributed by atoms with Crippen LogP contribution in [-0.2, 0) is 4.74 Å². The molecule has 0 aliphatic heterocycles. The number of aromatic amines is 1. The molecule has 1 atom stereocenters. The lowest BCUT2D eigenvalue weighted by atomic mass is 9.86. The molecule has 1 unspecified atom stereocenters. The van der Waals surface area contributed by atoms with Gasteiger partial charge >= 0.3 is 0 Å². The lowest BCUT2D eigenvalue weighted by Crippen LogP contribution is -2.07. The van der Waals surface area contributed by atoms with E-state index in [0.29, 0.717) is 17.2 Å². The van der Waals surface area contributed by atoms with Crippen LogP contribution in [0.1, 0.15) is 28.3 Å². The molecule has 0 bridgehead atoms. The smallest absolute Gasteiger partial charge is 0.174 e. The highest BCUT2D eigenvalue weighted by atomic mass is 35.5. The van der Waals surface area contributed by atoms with Crippen molar-refractivity contribution in [1.82, 2.24) is 4.98 Å². The number of nitriles is 1. The van der Waals surface area contributed by atoms with Crippen LogP contribution in [0, 0.1) is 17.1 Å². The van der Waals surface area contributed by atoms with Crippen LogP contribution in [-0.4, -0.2) is 25.3 Å². The summed E-state index contributed by atoms with van der Waals surface area (Å²) in [5.41, 5.74) is 3.72. The van der Waals surface area contributed by atoms with Gasteiger partial charge in [-0.1, -0.05) is 48.0 Å². The van der Waals surface area contributed by atoms with E-state index in [1.807, 2.05) is 60.8 Å². The van der Waals surface area contributed by atoms with E-state index < -0.39 is 5.82 Å². The van der Waals surface area contributed by atoms with Gasteiger partial charge in [0, 0.05) is 41.1 Å². The second-order valence-corrected chi connectivity index (χ2v) is 7.87. The number of benzene rings is 3. The van der Waals surface area contributed by atoms with Crippen LogP contribution in [0.5, 0.6) is 5.75 Å². The summed E-state index contributed by atoms with van der Waals surface area (Å²) in [6.07, 6.45) is 1.87. The average molecular weight is 461 g/mol. The van der Waals surface area contributed by atoms with Crippen molar-refractivity contribution in [3.63, 3.8) is 0 Å². The summed E-state index contributed by atoms with van der Waals surface area (Å²) < 4.78 is 26.1. The Bertz CT molecular complexity index is 1270. The molecule has 1 heterocycles. The maximum absolute atomic E-state index is 15.6. The lowest BCUT2D eigenvalue weighted by Gasteiger charge is -2.19. The summed E-state index contributed by atoms with van der Waals surface area (Å²) in [5, 5.41) is 10.0. The highest BCUT2D eigenvalue weighted by molar-refractivity contribution is 6.33. The number of halogens is 2. The van der Waals surface area contributed by atoms with Crippen LogP contribution in [0.4, 0.5) is 4.39 Å². The fourth-order valence-electron chi connectivity index (χ4n) is 3.89. The molecule has 166 valence electrons. The molecule has 6 heteroatoms. The zero-order valence-corrected chi connectivity index (χ0v) is 18.8. The highest BCUT2D eigenvalue weighted by Gasteiger charge is 2.23. The van der Waals surface area contributed by atoms with Gasteiger partial charge in [0.1, 0.15) is 6.61 Å². The summed E-state index contributed by atoms with van der Waals surface area (Å²) in [6.45, 7) is 0.509. The van der Waals surface area contributed by atoms with Gasteiger partial charge in [0.15, 0.2) is 11.6 Å². The Morgan fingerprint density at radius 2 is 1.82 bits per heavy atom. The molecular weight excluding hydrogens is 439 g/mol. The Hall–Kier alpha value is -3.59. The van der Waals surface area contributed by atoms with E-state index in [0.717, 1.165) is 16.8 Å². The molecule has 0 spiro atoms. The first-order valence-corrected chi connectivity index (χ1v) is 10.8. The molecule has 0 amide bonds. The highest BCUT2D eigenvalue weighted by Crippen LogP contribution is 2.40. The van der Waals surface area contributed by atoms with E-state index in [9.17, 15) is 5.26 Å². The number of aromatic nitrogens is 1. The van der Waals surface area contributed by atoms with Gasteiger partial charge in [0.25, 0.3) is 0 Å². The molecule has 4 aromatic rings. The maximum atomic E-state index is 15.6. The monoisotopic (exact) mass is 460 g/mol. The molecule has 0 saturated carbocycles. The van der Waals surface area contributed by atoms with Crippen molar-refractivity contribution in [1.29, 1.82) is 5.26 Å². The first-order valence-electron chi connectivity index (χ1n) is 10.5.